The number of imidazole rings is 1. The molecule has 0 radical (unpaired) electrons. The lowest BCUT2D eigenvalue weighted by atomic mass is 10.1. The molecule has 1 aliphatic rings. The number of aliphatic hydroxyl groups excluding tert-OH is 3. The van der Waals surface area contributed by atoms with Crippen LogP contribution < -0.4 is 0 Å². The molecule has 1 fully saturated rings. The largest absolute Gasteiger partial charge is 0.394 e. The van der Waals surface area contributed by atoms with Crippen LogP contribution in [-0.4, -0.2) is 54.8 Å². The summed E-state index contributed by atoms with van der Waals surface area (Å²) < 4.78 is 7.06. The van der Waals surface area contributed by atoms with E-state index in [2.05, 4.69) is 9.97 Å². The van der Waals surface area contributed by atoms with Crippen LogP contribution in [0.25, 0.3) is 22.1 Å². The van der Waals surface area contributed by atoms with E-state index in [4.69, 9.17) is 27.9 Å². The van der Waals surface area contributed by atoms with Gasteiger partial charge in [0.2, 0.25) is 0 Å². The van der Waals surface area contributed by atoms with Crippen molar-refractivity contribution in [3.63, 3.8) is 0 Å². The van der Waals surface area contributed by atoms with Gasteiger partial charge in [-0.15, -0.1) is 0 Å². The van der Waals surface area contributed by atoms with Crippen LogP contribution in [0.2, 0.25) is 10.0 Å². The Morgan fingerprint density at radius 1 is 1.08 bits per heavy atom. The normalized spacial score (nSPS) is 27.4. The van der Waals surface area contributed by atoms with Gasteiger partial charge in [0.15, 0.2) is 11.9 Å². The second-order valence-corrected chi connectivity index (χ2v) is 6.49. The van der Waals surface area contributed by atoms with E-state index in [0.29, 0.717) is 26.7 Å². The third-order valence-corrected chi connectivity index (χ3v) is 4.90. The zero-order valence-electron chi connectivity index (χ0n) is 12.2. The molecule has 4 rings (SSSR count). The van der Waals surface area contributed by atoms with Gasteiger partial charge in [0.05, 0.1) is 28.5 Å². The Balaban J connectivity index is 1.85. The predicted molar refractivity (Wildman–Crippen MR) is 88.1 cm³/mol. The lowest BCUT2D eigenvalue weighted by molar-refractivity contribution is -0.0510. The van der Waals surface area contributed by atoms with Gasteiger partial charge in [-0.3, -0.25) is 4.57 Å². The van der Waals surface area contributed by atoms with Crippen LogP contribution in [-0.2, 0) is 4.74 Å². The molecule has 0 saturated carbocycles. The van der Waals surface area contributed by atoms with Crippen molar-refractivity contribution in [3.8, 4) is 0 Å². The quantitative estimate of drug-likeness (QED) is 0.632. The highest BCUT2D eigenvalue weighted by molar-refractivity contribution is 6.42. The molecule has 0 amide bonds. The third kappa shape index (κ3) is 2.36. The minimum Gasteiger partial charge on any atom is -0.394 e. The van der Waals surface area contributed by atoms with Crippen molar-refractivity contribution in [2.24, 2.45) is 0 Å². The maximum Gasteiger partial charge on any atom is 0.165 e. The molecule has 1 aliphatic heterocycles. The van der Waals surface area contributed by atoms with Crippen LogP contribution in [0.1, 0.15) is 6.23 Å². The van der Waals surface area contributed by atoms with E-state index >= 15 is 0 Å². The number of benzene rings is 1. The van der Waals surface area contributed by atoms with E-state index in [-0.39, 0.29) is 0 Å². The van der Waals surface area contributed by atoms with E-state index in [0.717, 1.165) is 5.39 Å². The summed E-state index contributed by atoms with van der Waals surface area (Å²) in [5, 5.41) is 30.9. The van der Waals surface area contributed by atoms with Crippen molar-refractivity contribution in [3.05, 3.63) is 34.6 Å². The number of pyridine rings is 1. The fourth-order valence-electron chi connectivity index (χ4n) is 2.91. The van der Waals surface area contributed by atoms with Gasteiger partial charge in [-0.05, 0) is 18.2 Å². The highest BCUT2D eigenvalue weighted by Crippen LogP contribution is 2.33. The first-order valence-corrected chi connectivity index (χ1v) is 8.00. The van der Waals surface area contributed by atoms with Crippen molar-refractivity contribution < 1.29 is 20.1 Å². The molecule has 1 aromatic carbocycles. The molecular formula is C15H13Cl2N3O4. The number of nitrogens with zero attached hydrogens (tertiary/aromatic N) is 3. The first-order valence-electron chi connectivity index (χ1n) is 7.24. The molecule has 0 bridgehead atoms. The molecule has 7 nitrogen and oxygen atoms in total. The van der Waals surface area contributed by atoms with Crippen molar-refractivity contribution in [2.75, 3.05) is 6.61 Å². The number of ether oxygens (including phenoxy) is 1. The van der Waals surface area contributed by atoms with Crippen LogP contribution in [0.15, 0.2) is 24.5 Å². The summed E-state index contributed by atoms with van der Waals surface area (Å²) in [6, 6.07) is 5.15. The smallest absolute Gasteiger partial charge is 0.165 e. The molecule has 24 heavy (non-hydrogen) atoms. The Morgan fingerprint density at radius 3 is 2.54 bits per heavy atom. The Kier molecular flexibility index (Phi) is 3.87. The highest BCUT2D eigenvalue weighted by atomic mass is 35.5. The summed E-state index contributed by atoms with van der Waals surface area (Å²) in [7, 11) is 0. The van der Waals surface area contributed by atoms with Crippen LogP contribution in [0.3, 0.4) is 0 Å². The van der Waals surface area contributed by atoms with Crippen LogP contribution in [0.5, 0.6) is 0 Å². The van der Waals surface area contributed by atoms with Crippen molar-refractivity contribution in [1.29, 1.82) is 0 Å². The van der Waals surface area contributed by atoms with E-state index < -0.39 is 31.1 Å². The number of halogens is 2. The van der Waals surface area contributed by atoms with Gasteiger partial charge >= 0.3 is 0 Å². The molecular weight excluding hydrogens is 357 g/mol. The molecule has 0 spiro atoms. The number of hydrogen-bond donors (Lipinski definition) is 3. The number of hydrogen-bond acceptors (Lipinski definition) is 6. The van der Waals surface area contributed by atoms with Crippen LogP contribution >= 0.6 is 23.2 Å². The summed E-state index contributed by atoms with van der Waals surface area (Å²) in [6.45, 7) is -0.397. The van der Waals surface area contributed by atoms with Crippen LogP contribution in [0.4, 0.5) is 0 Å². The lowest BCUT2D eigenvalue weighted by Gasteiger charge is -2.16. The number of aliphatic hydroxyl groups is 3. The first-order chi connectivity index (χ1) is 11.5. The summed E-state index contributed by atoms with van der Waals surface area (Å²) in [5.41, 5.74) is 1.67. The molecule has 3 N–H and O–H groups in total. The number of rotatable bonds is 2. The Bertz CT molecular complexity index is 932. The molecule has 126 valence electrons. The zero-order chi connectivity index (χ0) is 17.0. The standard InChI is InChI=1S/C15H13Cl2N3O4/c16-7-1-6-2-10-14(19-9(6)3-8(7)17)20(5-18-10)15-13(23)12(22)11(4-21)24-15/h1-3,5,11-13,15,21-23H,4H2. The minimum atomic E-state index is -1.20. The van der Waals surface area contributed by atoms with Crippen molar-refractivity contribution >= 4 is 45.3 Å². The lowest BCUT2D eigenvalue weighted by Crippen LogP contribution is -2.33. The SMILES string of the molecule is OCC1OC(n2cnc3cc4cc(Cl)c(Cl)cc4nc32)C(O)C1O. The molecule has 1 saturated heterocycles. The monoisotopic (exact) mass is 369 g/mol. The van der Waals surface area contributed by atoms with Crippen molar-refractivity contribution in [2.45, 2.75) is 24.5 Å². The first kappa shape index (κ1) is 16.0. The third-order valence-electron chi connectivity index (χ3n) is 4.17. The van der Waals surface area contributed by atoms with Gasteiger partial charge in [0.1, 0.15) is 23.8 Å². The van der Waals surface area contributed by atoms with Gasteiger partial charge in [-0.2, -0.15) is 0 Å². The molecule has 3 heterocycles. The fraction of sp³-hybridized carbons (Fsp3) is 0.333. The second kappa shape index (κ2) is 5.80. The maximum absolute atomic E-state index is 10.2. The van der Waals surface area contributed by atoms with Gasteiger partial charge in [-0.1, -0.05) is 23.2 Å². The zero-order valence-corrected chi connectivity index (χ0v) is 13.7. The van der Waals surface area contributed by atoms with E-state index in [1.165, 1.54) is 10.9 Å². The molecule has 9 heteroatoms. The van der Waals surface area contributed by atoms with E-state index in [9.17, 15) is 15.3 Å². The average molecular weight is 370 g/mol. The Morgan fingerprint density at radius 2 is 1.83 bits per heavy atom. The van der Waals surface area contributed by atoms with Crippen LogP contribution in [0, 0.1) is 0 Å². The summed E-state index contributed by atoms with van der Waals surface area (Å²) in [4.78, 5) is 8.78. The molecule has 2 aromatic heterocycles. The Labute approximate surface area is 146 Å². The molecule has 4 unspecified atom stereocenters. The van der Waals surface area contributed by atoms with Gasteiger partial charge < -0.3 is 20.1 Å². The summed E-state index contributed by atoms with van der Waals surface area (Å²) in [6.07, 6.45) is -2.68. The predicted octanol–water partition coefficient (Wildman–Crippen LogP) is 1.50. The average Bonchev–Trinajstić information content (AvgIpc) is 3.08. The molecule has 0 aliphatic carbocycles. The van der Waals surface area contributed by atoms with Gasteiger partial charge in [0, 0.05) is 5.39 Å². The minimum absolute atomic E-state index is 0.384. The van der Waals surface area contributed by atoms with E-state index in [1.54, 1.807) is 18.2 Å². The van der Waals surface area contributed by atoms with Crippen molar-refractivity contribution in [1.82, 2.24) is 14.5 Å². The van der Waals surface area contributed by atoms with E-state index in [1.807, 2.05) is 0 Å². The second-order valence-electron chi connectivity index (χ2n) is 5.67. The summed E-state index contributed by atoms with van der Waals surface area (Å²) >= 11 is 12.1. The van der Waals surface area contributed by atoms with Gasteiger partial charge in [0.25, 0.3) is 0 Å². The maximum atomic E-state index is 10.2. The molecule has 4 atom stereocenters. The molecule has 3 aromatic rings. The highest BCUT2D eigenvalue weighted by Gasteiger charge is 2.43. The number of fused-ring (bicyclic) bond motifs is 2. The van der Waals surface area contributed by atoms with Gasteiger partial charge in [-0.25, -0.2) is 9.97 Å². The Hall–Kier alpha value is -1.48. The topological polar surface area (TPSA) is 101 Å². The summed E-state index contributed by atoms with van der Waals surface area (Å²) in [5.74, 6) is 0. The fourth-order valence-corrected chi connectivity index (χ4v) is 3.24. The number of aromatic nitrogens is 3.